The van der Waals surface area contributed by atoms with Crippen molar-refractivity contribution in [1.82, 2.24) is 10.6 Å². The number of nitrogens with one attached hydrogen (secondary N) is 2. The molecule has 0 radical (unpaired) electrons. The molecule has 0 aromatic heterocycles. The first-order valence-corrected chi connectivity index (χ1v) is 7.28. The van der Waals surface area contributed by atoms with Gasteiger partial charge in [0.05, 0.1) is 0 Å². The van der Waals surface area contributed by atoms with E-state index in [0.717, 1.165) is 45.3 Å². The normalized spacial score (nSPS) is 18.5. The fraction of sp³-hybridized carbons (Fsp3) is 0.933. The predicted molar refractivity (Wildman–Crippen MR) is 83.8 cm³/mol. The van der Waals surface area contributed by atoms with E-state index in [9.17, 15) is 4.79 Å². The van der Waals surface area contributed by atoms with Crippen LogP contribution in [0.25, 0.3) is 0 Å². The van der Waals surface area contributed by atoms with Gasteiger partial charge in [-0.15, -0.1) is 12.4 Å². The highest BCUT2D eigenvalue weighted by Gasteiger charge is 2.26. The first-order chi connectivity index (χ1) is 8.31. The molecule has 0 unspecified atom stereocenters. The number of amides is 1. The van der Waals surface area contributed by atoms with E-state index in [-0.39, 0.29) is 18.3 Å². The zero-order chi connectivity index (χ0) is 13.6. The topological polar surface area (TPSA) is 41.1 Å². The Bertz CT molecular complexity index is 268. The van der Waals surface area contributed by atoms with E-state index in [1.54, 1.807) is 0 Å². The maximum absolute atomic E-state index is 11.8. The molecule has 1 aliphatic rings. The summed E-state index contributed by atoms with van der Waals surface area (Å²) in [7, 11) is 0. The van der Waals surface area contributed by atoms with Gasteiger partial charge in [-0.3, -0.25) is 4.79 Å². The molecule has 1 fully saturated rings. The number of rotatable bonds is 5. The Morgan fingerprint density at radius 2 is 1.84 bits per heavy atom. The molecule has 2 N–H and O–H groups in total. The molecule has 1 heterocycles. The molecule has 1 rings (SSSR count). The monoisotopic (exact) mass is 290 g/mol. The lowest BCUT2D eigenvalue weighted by molar-refractivity contribution is -0.121. The summed E-state index contributed by atoms with van der Waals surface area (Å²) in [5, 5.41) is 6.48. The van der Waals surface area contributed by atoms with E-state index in [1.165, 1.54) is 0 Å². The molecule has 114 valence electrons. The van der Waals surface area contributed by atoms with Crippen molar-refractivity contribution in [3.8, 4) is 0 Å². The van der Waals surface area contributed by atoms with Crippen molar-refractivity contribution in [2.24, 2.45) is 10.8 Å². The minimum absolute atomic E-state index is 0. The van der Waals surface area contributed by atoms with E-state index in [0.29, 0.717) is 17.3 Å². The predicted octanol–water partition coefficient (Wildman–Crippen LogP) is 3.13. The molecule has 1 aliphatic heterocycles. The van der Waals surface area contributed by atoms with Crippen LogP contribution in [0.15, 0.2) is 0 Å². The Labute approximate surface area is 124 Å². The van der Waals surface area contributed by atoms with Gasteiger partial charge >= 0.3 is 0 Å². The zero-order valence-electron chi connectivity index (χ0n) is 13.0. The molecule has 19 heavy (non-hydrogen) atoms. The quantitative estimate of drug-likeness (QED) is 0.817. The van der Waals surface area contributed by atoms with Crippen LogP contribution < -0.4 is 10.6 Å². The van der Waals surface area contributed by atoms with Crippen LogP contribution in [0, 0.1) is 10.8 Å². The third kappa shape index (κ3) is 8.48. The van der Waals surface area contributed by atoms with E-state index >= 15 is 0 Å². The fourth-order valence-electron chi connectivity index (χ4n) is 2.39. The Balaban J connectivity index is 0.00000324. The minimum atomic E-state index is 0. The van der Waals surface area contributed by atoms with Gasteiger partial charge in [0.25, 0.3) is 0 Å². The lowest BCUT2D eigenvalue weighted by Crippen LogP contribution is -2.42. The second-order valence-corrected chi connectivity index (χ2v) is 7.25. The number of hydrogen-bond acceptors (Lipinski definition) is 2. The summed E-state index contributed by atoms with van der Waals surface area (Å²) in [6.07, 6.45) is 5.10. The second kappa shape index (κ2) is 8.11. The van der Waals surface area contributed by atoms with Crippen molar-refractivity contribution < 1.29 is 4.79 Å². The molecule has 1 saturated heterocycles. The lowest BCUT2D eigenvalue weighted by atomic mass is 9.81. The average Bonchev–Trinajstić information content (AvgIpc) is 2.26. The molecular formula is C15H31ClN2O. The Kier molecular flexibility index (Phi) is 7.99. The number of carbonyl (C=O) groups is 1. The van der Waals surface area contributed by atoms with Gasteiger partial charge in [0.2, 0.25) is 5.91 Å². The fourth-order valence-corrected chi connectivity index (χ4v) is 2.39. The van der Waals surface area contributed by atoms with Crippen molar-refractivity contribution in [1.29, 1.82) is 0 Å². The van der Waals surface area contributed by atoms with E-state index in [1.807, 2.05) is 0 Å². The number of halogens is 1. The molecule has 3 nitrogen and oxygen atoms in total. The van der Waals surface area contributed by atoms with Crippen molar-refractivity contribution >= 4 is 18.3 Å². The molecule has 4 heteroatoms. The van der Waals surface area contributed by atoms with Gasteiger partial charge in [-0.1, -0.05) is 27.7 Å². The summed E-state index contributed by atoms with van der Waals surface area (Å²) in [5.41, 5.74) is 0.631. The lowest BCUT2D eigenvalue weighted by Gasteiger charge is -2.34. The van der Waals surface area contributed by atoms with Crippen LogP contribution in [-0.4, -0.2) is 25.5 Å². The molecule has 0 aliphatic carbocycles. The minimum Gasteiger partial charge on any atom is -0.356 e. The summed E-state index contributed by atoms with van der Waals surface area (Å²) in [5.74, 6) is 0.221. The summed E-state index contributed by atoms with van der Waals surface area (Å²) < 4.78 is 0. The molecule has 0 saturated carbocycles. The van der Waals surface area contributed by atoms with Crippen LogP contribution in [0.4, 0.5) is 0 Å². The van der Waals surface area contributed by atoms with E-state index in [4.69, 9.17) is 0 Å². The van der Waals surface area contributed by atoms with E-state index in [2.05, 4.69) is 38.3 Å². The smallest absolute Gasteiger partial charge is 0.220 e. The van der Waals surface area contributed by atoms with Crippen molar-refractivity contribution in [3.05, 3.63) is 0 Å². The highest BCUT2D eigenvalue weighted by atomic mass is 35.5. The maximum atomic E-state index is 11.8. The largest absolute Gasteiger partial charge is 0.356 e. The molecular weight excluding hydrogens is 260 g/mol. The van der Waals surface area contributed by atoms with Gasteiger partial charge < -0.3 is 10.6 Å². The van der Waals surface area contributed by atoms with E-state index < -0.39 is 0 Å². The van der Waals surface area contributed by atoms with Gasteiger partial charge in [0.15, 0.2) is 0 Å². The van der Waals surface area contributed by atoms with Gasteiger partial charge in [0.1, 0.15) is 0 Å². The summed E-state index contributed by atoms with van der Waals surface area (Å²) in [6.45, 7) is 11.9. The van der Waals surface area contributed by atoms with Crippen LogP contribution >= 0.6 is 12.4 Å². The van der Waals surface area contributed by atoms with Crippen molar-refractivity contribution in [3.63, 3.8) is 0 Å². The number of carbonyl (C=O) groups excluding carboxylic acids is 1. The molecule has 0 atom stereocenters. The second-order valence-electron chi connectivity index (χ2n) is 7.25. The molecule has 0 aromatic rings. The average molecular weight is 291 g/mol. The summed E-state index contributed by atoms with van der Waals surface area (Å²) in [6, 6.07) is 0. The van der Waals surface area contributed by atoms with Gasteiger partial charge in [-0.05, 0) is 49.6 Å². The number of piperidine rings is 1. The first kappa shape index (κ1) is 18.7. The molecule has 0 aromatic carbocycles. The van der Waals surface area contributed by atoms with Gasteiger partial charge in [-0.2, -0.15) is 0 Å². The molecule has 0 spiro atoms. The highest BCUT2D eigenvalue weighted by molar-refractivity contribution is 5.85. The third-order valence-electron chi connectivity index (χ3n) is 3.85. The SMILES string of the molecule is CC(C)(C)CCCC(=O)NCC1(C)CCNCC1.Cl. The van der Waals surface area contributed by atoms with Crippen molar-refractivity contribution in [2.45, 2.75) is 59.8 Å². The maximum Gasteiger partial charge on any atom is 0.220 e. The van der Waals surface area contributed by atoms with Crippen LogP contribution in [-0.2, 0) is 4.79 Å². The third-order valence-corrected chi connectivity index (χ3v) is 3.85. The Hall–Kier alpha value is -0.280. The summed E-state index contributed by atoms with van der Waals surface area (Å²) in [4.78, 5) is 11.8. The van der Waals surface area contributed by atoms with Crippen LogP contribution in [0.5, 0.6) is 0 Å². The Morgan fingerprint density at radius 3 is 2.37 bits per heavy atom. The first-order valence-electron chi connectivity index (χ1n) is 7.28. The van der Waals surface area contributed by atoms with Gasteiger partial charge in [-0.25, -0.2) is 0 Å². The van der Waals surface area contributed by atoms with Gasteiger partial charge in [0, 0.05) is 13.0 Å². The van der Waals surface area contributed by atoms with Crippen LogP contribution in [0.2, 0.25) is 0 Å². The molecule has 1 amide bonds. The summed E-state index contributed by atoms with van der Waals surface area (Å²) >= 11 is 0. The highest BCUT2D eigenvalue weighted by Crippen LogP contribution is 2.26. The standard InChI is InChI=1S/C15H30N2O.ClH/c1-14(2,3)7-5-6-13(18)17-12-15(4)8-10-16-11-9-15;/h16H,5-12H2,1-4H3,(H,17,18);1H. The number of hydrogen-bond donors (Lipinski definition) is 2. The Morgan fingerprint density at radius 1 is 1.26 bits per heavy atom. The molecule has 0 bridgehead atoms. The van der Waals surface area contributed by atoms with Crippen molar-refractivity contribution in [2.75, 3.05) is 19.6 Å². The zero-order valence-corrected chi connectivity index (χ0v) is 13.8. The van der Waals surface area contributed by atoms with Crippen LogP contribution in [0.1, 0.15) is 59.8 Å². The van der Waals surface area contributed by atoms with Crippen LogP contribution in [0.3, 0.4) is 0 Å².